The van der Waals surface area contributed by atoms with E-state index in [4.69, 9.17) is 9.47 Å². The van der Waals surface area contributed by atoms with E-state index in [2.05, 4.69) is 4.98 Å². The highest BCUT2D eigenvalue weighted by molar-refractivity contribution is 8.06. The maximum atomic E-state index is 12.9. The number of aliphatic carboxylic acids is 1. The van der Waals surface area contributed by atoms with Crippen molar-refractivity contribution < 1.29 is 39.2 Å². The largest absolute Gasteiger partial charge is 0.508 e. The fourth-order valence-electron chi connectivity index (χ4n) is 5.30. The molecular formula is C24H30N2O8S2. The number of aliphatic hydroxyl groups is 2. The Kier molecular flexibility index (Phi) is 8.08. The van der Waals surface area contributed by atoms with Crippen LogP contribution in [0.4, 0.5) is 4.79 Å². The molecule has 4 rings (SSSR count). The predicted molar refractivity (Wildman–Crippen MR) is 133 cm³/mol. The number of nitrogens with zero attached hydrogens (tertiary/aromatic N) is 2. The number of carbonyl (C=O) groups is 3. The van der Waals surface area contributed by atoms with Crippen LogP contribution in [-0.2, 0) is 25.7 Å². The van der Waals surface area contributed by atoms with Gasteiger partial charge in [0, 0.05) is 10.3 Å². The molecule has 196 valence electrons. The van der Waals surface area contributed by atoms with Crippen LogP contribution in [-0.4, -0.2) is 68.1 Å². The first kappa shape index (κ1) is 26.6. The van der Waals surface area contributed by atoms with Crippen molar-refractivity contribution in [2.24, 2.45) is 11.3 Å². The molecule has 1 aromatic rings. The van der Waals surface area contributed by atoms with Crippen molar-refractivity contribution >= 4 is 47.2 Å². The van der Waals surface area contributed by atoms with E-state index in [0.29, 0.717) is 10.6 Å². The SMILES string of the molecule is C[C@@H](O)[C@H]1C(=O)N2C(C(=O)O)=C(SC=Cc3scnc3CO)C(C)(CCOC(=O)OC3CCCC3)[C@@H]12. The molecule has 3 aliphatic rings. The summed E-state index contributed by atoms with van der Waals surface area (Å²) in [5.74, 6) is -2.45. The van der Waals surface area contributed by atoms with Gasteiger partial charge in [-0.25, -0.2) is 14.6 Å². The van der Waals surface area contributed by atoms with Crippen molar-refractivity contribution in [2.75, 3.05) is 6.61 Å². The lowest BCUT2D eigenvalue weighted by Crippen LogP contribution is -2.66. The third kappa shape index (κ3) is 4.91. The van der Waals surface area contributed by atoms with Crippen molar-refractivity contribution in [3.63, 3.8) is 0 Å². The summed E-state index contributed by atoms with van der Waals surface area (Å²) in [7, 11) is 0. The van der Waals surface area contributed by atoms with Crippen molar-refractivity contribution in [1.29, 1.82) is 0 Å². The lowest BCUT2D eigenvalue weighted by molar-refractivity contribution is -0.167. The Morgan fingerprint density at radius 3 is 2.75 bits per heavy atom. The summed E-state index contributed by atoms with van der Waals surface area (Å²) < 4.78 is 10.7. The molecule has 3 heterocycles. The molecule has 1 aliphatic carbocycles. The van der Waals surface area contributed by atoms with Gasteiger partial charge in [0.25, 0.3) is 0 Å². The van der Waals surface area contributed by atoms with E-state index in [1.807, 2.05) is 6.92 Å². The second-order valence-corrected chi connectivity index (χ2v) is 11.2. The maximum Gasteiger partial charge on any atom is 0.508 e. The van der Waals surface area contributed by atoms with E-state index < -0.39 is 41.5 Å². The highest BCUT2D eigenvalue weighted by atomic mass is 32.2. The molecule has 3 N–H and O–H groups in total. The van der Waals surface area contributed by atoms with Crippen LogP contribution >= 0.6 is 23.1 Å². The predicted octanol–water partition coefficient (Wildman–Crippen LogP) is 3.35. The summed E-state index contributed by atoms with van der Waals surface area (Å²) in [4.78, 5) is 43.8. The smallest absolute Gasteiger partial charge is 0.477 e. The van der Waals surface area contributed by atoms with Crippen molar-refractivity contribution in [2.45, 2.75) is 70.8 Å². The third-order valence-corrected chi connectivity index (χ3v) is 9.13. The van der Waals surface area contributed by atoms with Crippen molar-refractivity contribution in [3.8, 4) is 0 Å². The summed E-state index contributed by atoms with van der Waals surface area (Å²) >= 11 is 2.50. The van der Waals surface area contributed by atoms with Crippen molar-refractivity contribution in [3.05, 3.63) is 32.1 Å². The lowest BCUT2D eigenvalue weighted by atomic mass is 9.68. The number of thioether (sulfide) groups is 1. The Balaban J connectivity index is 1.56. The number of hydrogen-bond donors (Lipinski definition) is 3. The van der Waals surface area contributed by atoms with Crippen LogP contribution in [0.3, 0.4) is 0 Å². The normalized spacial score (nSPS) is 26.9. The molecule has 1 amide bonds. The number of aliphatic hydroxyl groups excluding tert-OH is 2. The molecule has 10 nitrogen and oxygen atoms in total. The van der Waals surface area contributed by atoms with Gasteiger partial charge in [-0.3, -0.25) is 4.79 Å². The van der Waals surface area contributed by atoms with E-state index in [1.165, 1.54) is 23.2 Å². The minimum atomic E-state index is -1.24. The number of β-lactam (4-membered cyclic amide) rings is 1. The van der Waals surface area contributed by atoms with Gasteiger partial charge >= 0.3 is 12.1 Å². The van der Waals surface area contributed by atoms with Crippen LogP contribution in [0.15, 0.2) is 21.5 Å². The minimum Gasteiger partial charge on any atom is -0.477 e. The number of thiazole rings is 1. The van der Waals surface area contributed by atoms with Gasteiger partial charge < -0.3 is 29.7 Å². The van der Waals surface area contributed by atoms with E-state index in [-0.39, 0.29) is 31.4 Å². The Bertz CT molecular complexity index is 1080. The fraction of sp³-hybridized carbons (Fsp3) is 0.583. The molecular weight excluding hydrogens is 508 g/mol. The molecule has 1 unspecified atom stereocenters. The molecule has 0 spiro atoms. The topological polar surface area (TPSA) is 146 Å². The first-order valence-electron chi connectivity index (χ1n) is 11.9. The van der Waals surface area contributed by atoms with Crippen LogP contribution < -0.4 is 0 Å². The quantitative estimate of drug-likeness (QED) is 0.299. The molecule has 1 saturated heterocycles. The van der Waals surface area contributed by atoms with Gasteiger partial charge in [-0.1, -0.05) is 18.7 Å². The van der Waals surface area contributed by atoms with E-state index in [0.717, 1.165) is 42.3 Å². The van der Waals surface area contributed by atoms with Gasteiger partial charge in [-0.15, -0.1) is 11.3 Å². The van der Waals surface area contributed by atoms with Crippen LogP contribution in [0, 0.1) is 11.3 Å². The summed E-state index contributed by atoms with van der Waals surface area (Å²) in [6.45, 7) is 3.10. The molecule has 0 bridgehead atoms. The number of ether oxygens (including phenoxy) is 2. The number of carboxylic acids is 1. The molecule has 0 aromatic carbocycles. The minimum absolute atomic E-state index is 0.0305. The number of aromatic nitrogens is 1. The number of fused-ring (bicyclic) bond motifs is 1. The average Bonchev–Trinajstić information content (AvgIpc) is 3.53. The molecule has 1 aromatic heterocycles. The van der Waals surface area contributed by atoms with Crippen LogP contribution in [0.25, 0.3) is 6.08 Å². The second kappa shape index (κ2) is 10.9. The molecule has 0 radical (unpaired) electrons. The summed E-state index contributed by atoms with van der Waals surface area (Å²) in [5.41, 5.74) is 1.11. The maximum absolute atomic E-state index is 12.9. The van der Waals surface area contributed by atoms with Gasteiger partial charge in [-0.2, -0.15) is 0 Å². The Labute approximate surface area is 217 Å². The van der Waals surface area contributed by atoms with Gasteiger partial charge in [0.2, 0.25) is 5.91 Å². The Morgan fingerprint density at radius 1 is 1.39 bits per heavy atom. The molecule has 2 fully saturated rings. The molecule has 36 heavy (non-hydrogen) atoms. The van der Waals surface area contributed by atoms with Gasteiger partial charge in [0.05, 0.1) is 47.4 Å². The van der Waals surface area contributed by atoms with Gasteiger partial charge in [0.15, 0.2) is 0 Å². The summed E-state index contributed by atoms with van der Waals surface area (Å²) in [6, 6.07) is -0.585. The van der Waals surface area contributed by atoms with Crippen LogP contribution in [0.2, 0.25) is 0 Å². The number of amides is 1. The third-order valence-electron chi connectivity index (χ3n) is 7.12. The first-order valence-corrected chi connectivity index (χ1v) is 13.6. The molecule has 12 heteroatoms. The number of carboxylic acid groups (broad SMARTS) is 1. The second-order valence-electron chi connectivity index (χ2n) is 9.43. The number of rotatable bonds is 10. The highest BCUT2D eigenvalue weighted by Gasteiger charge is 2.65. The average molecular weight is 539 g/mol. The summed E-state index contributed by atoms with van der Waals surface area (Å²) in [5, 5.41) is 31.5. The lowest BCUT2D eigenvalue weighted by Gasteiger charge is -2.50. The highest BCUT2D eigenvalue weighted by Crippen LogP contribution is 2.59. The van der Waals surface area contributed by atoms with Gasteiger partial charge in [-0.05, 0) is 50.5 Å². The first-order chi connectivity index (χ1) is 17.2. The van der Waals surface area contributed by atoms with Crippen molar-refractivity contribution in [1.82, 2.24) is 9.88 Å². The van der Waals surface area contributed by atoms with E-state index in [9.17, 15) is 29.7 Å². The zero-order chi connectivity index (χ0) is 26.0. The van der Waals surface area contributed by atoms with E-state index >= 15 is 0 Å². The standard InChI is InChI=1S/C24H30N2O8S2/c1-13(28)17-19-24(2,8-9-33-23(32)34-14-5-3-4-6-14)20(18(22(30)31)26(19)21(17)29)35-10-7-16-15(11-27)25-12-36-16/h7,10,12-14,17,19,27-28H,3-6,8-9,11H2,1-2H3,(H,30,31)/t13-,17-,19-,24?/m1/s1. The van der Waals surface area contributed by atoms with Gasteiger partial charge in [0.1, 0.15) is 11.8 Å². The molecule has 4 atom stereocenters. The fourth-order valence-corrected chi connectivity index (χ4v) is 7.21. The zero-order valence-corrected chi connectivity index (χ0v) is 21.7. The Morgan fingerprint density at radius 2 is 2.11 bits per heavy atom. The summed E-state index contributed by atoms with van der Waals surface area (Å²) in [6.07, 6.45) is 3.78. The Hall–Kier alpha value is -2.41. The van der Waals surface area contributed by atoms with Crippen LogP contribution in [0.1, 0.15) is 56.5 Å². The zero-order valence-electron chi connectivity index (χ0n) is 20.1. The van der Waals surface area contributed by atoms with Crippen LogP contribution in [0.5, 0.6) is 0 Å². The van der Waals surface area contributed by atoms with E-state index in [1.54, 1.807) is 17.0 Å². The number of hydrogen-bond acceptors (Lipinski definition) is 10. The number of carbonyl (C=O) groups excluding carboxylic acids is 2. The molecule has 1 saturated carbocycles. The monoisotopic (exact) mass is 538 g/mol. The molecule has 2 aliphatic heterocycles.